The Balaban J connectivity index is 1.95. The third-order valence-electron chi connectivity index (χ3n) is 5.40. The summed E-state index contributed by atoms with van der Waals surface area (Å²) in [5.74, 6) is 0. The maximum absolute atomic E-state index is 10.4. The Bertz CT molecular complexity index is 288. The number of carbonyl (C=O) groups excluding carboxylic acids is 1. The fourth-order valence-electron chi connectivity index (χ4n) is 4.09. The summed E-state index contributed by atoms with van der Waals surface area (Å²) in [4.78, 5) is 12.7. The van der Waals surface area contributed by atoms with E-state index >= 15 is 0 Å². The van der Waals surface area contributed by atoms with Crippen LogP contribution < -0.4 is 0 Å². The number of hydrogen-bond donors (Lipinski definition) is 0. The van der Waals surface area contributed by atoms with Gasteiger partial charge in [0.25, 0.3) is 6.47 Å². The van der Waals surface area contributed by atoms with Crippen LogP contribution in [0.25, 0.3) is 0 Å². The van der Waals surface area contributed by atoms with Gasteiger partial charge in [0.1, 0.15) is 13.4 Å². The Morgan fingerprint density at radius 2 is 1.80 bits per heavy atom. The van der Waals surface area contributed by atoms with E-state index in [0.717, 1.165) is 19.3 Å². The van der Waals surface area contributed by atoms with E-state index in [1.165, 1.54) is 68.9 Å². The van der Waals surface area contributed by atoms with E-state index in [9.17, 15) is 4.79 Å². The Hall–Kier alpha value is -0.610. The van der Waals surface area contributed by atoms with Crippen LogP contribution in [0.4, 0.5) is 0 Å². The van der Waals surface area contributed by atoms with Crippen LogP contribution in [0, 0.1) is 0 Å². The lowest BCUT2D eigenvalue weighted by molar-refractivity contribution is -0.943. The van der Waals surface area contributed by atoms with Gasteiger partial charge in [0.15, 0.2) is 0 Å². The van der Waals surface area contributed by atoms with Gasteiger partial charge in [0.05, 0.1) is 25.7 Å². The van der Waals surface area contributed by atoms with Crippen molar-refractivity contribution < 1.29 is 14.0 Å². The summed E-state index contributed by atoms with van der Waals surface area (Å²) in [5.41, 5.74) is 0. The molecule has 0 amide bonds. The molecule has 0 bridgehead atoms. The Morgan fingerprint density at radius 3 is 2.40 bits per heavy atom. The summed E-state index contributed by atoms with van der Waals surface area (Å²) in [5, 5.41) is 0. The molecule has 0 spiro atoms. The predicted molar refractivity (Wildman–Crippen MR) is 80.0 cm³/mol. The number of carbonyl (C=O) groups is 1. The van der Waals surface area contributed by atoms with Crippen LogP contribution in [0.5, 0.6) is 0 Å². The van der Waals surface area contributed by atoms with Crippen molar-refractivity contribution in [2.75, 3.05) is 33.0 Å². The number of hydrogen-bond acceptors (Lipinski definition) is 3. The molecule has 0 N–H and O–H groups in total. The zero-order valence-electron chi connectivity index (χ0n) is 13.1. The lowest BCUT2D eigenvalue weighted by atomic mass is 10.0. The molecule has 2 fully saturated rings. The minimum Gasteiger partial charge on any atom is -0.452 e. The topological polar surface area (TPSA) is 29.5 Å². The molecule has 1 aliphatic heterocycles. The molecule has 2 aliphatic rings. The number of likely N-dealkylation sites (N-methyl/N-ethyl adjacent to an activating group) is 1. The maximum atomic E-state index is 10.4. The highest BCUT2D eigenvalue weighted by Crippen LogP contribution is 2.29. The molecule has 1 saturated carbocycles. The molecule has 20 heavy (non-hydrogen) atoms. The summed E-state index contributed by atoms with van der Waals surface area (Å²) >= 11 is 0. The largest absolute Gasteiger partial charge is 0.452 e. The first-order valence-corrected chi connectivity index (χ1v) is 8.44. The van der Waals surface area contributed by atoms with Crippen LogP contribution in [0.2, 0.25) is 0 Å². The monoisotopic (exact) mass is 283 g/mol. The average Bonchev–Trinajstić information content (AvgIpc) is 2.94. The SMILES string of the molecule is CC[N+]1(C2CCCCCCCC2)CCN(COC=O)C1. The number of quaternary nitrogens is 1. The Kier molecular flexibility index (Phi) is 6.30. The number of nitrogens with zero attached hydrogens (tertiary/aromatic N) is 2. The van der Waals surface area contributed by atoms with Gasteiger partial charge in [-0.25, -0.2) is 4.90 Å². The van der Waals surface area contributed by atoms with E-state index in [4.69, 9.17) is 4.74 Å². The second kappa shape index (κ2) is 7.99. The standard InChI is InChI=1S/C16H31N2O2/c1-2-18(12-11-17(13-18)14-20-15-19)16-9-7-5-3-4-6-8-10-16/h15-16H,2-14H2,1H3/q+1. The van der Waals surface area contributed by atoms with Crippen molar-refractivity contribution in [3.8, 4) is 0 Å². The molecular weight excluding hydrogens is 252 g/mol. The molecule has 0 radical (unpaired) electrons. The summed E-state index contributed by atoms with van der Waals surface area (Å²) in [6.07, 6.45) is 11.3. The molecule has 0 aromatic carbocycles. The van der Waals surface area contributed by atoms with Gasteiger partial charge in [-0.05, 0) is 32.6 Å². The first kappa shape index (κ1) is 15.8. The molecule has 0 aromatic heterocycles. The van der Waals surface area contributed by atoms with E-state index in [2.05, 4.69) is 11.8 Å². The Morgan fingerprint density at radius 1 is 1.15 bits per heavy atom. The molecule has 1 aliphatic carbocycles. The predicted octanol–water partition coefficient (Wildman–Crippen LogP) is 2.73. The zero-order valence-corrected chi connectivity index (χ0v) is 13.1. The molecule has 4 heteroatoms. The van der Waals surface area contributed by atoms with E-state index in [0.29, 0.717) is 13.2 Å². The van der Waals surface area contributed by atoms with Gasteiger partial charge in [-0.1, -0.05) is 25.7 Å². The molecule has 4 nitrogen and oxygen atoms in total. The van der Waals surface area contributed by atoms with Crippen molar-refractivity contribution in [2.24, 2.45) is 0 Å². The van der Waals surface area contributed by atoms with E-state index < -0.39 is 0 Å². The second-order valence-corrected chi connectivity index (χ2v) is 6.54. The van der Waals surface area contributed by atoms with Crippen LogP contribution in [0.15, 0.2) is 0 Å². The van der Waals surface area contributed by atoms with Crippen molar-refractivity contribution in [1.29, 1.82) is 0 Å². The van der Waals surface area contributed by atoms with Gasteiger partial charge in [-0.2, -0.15) is 0 Å². The molecule has 1 saturated heterocycles. The number of rotatable bonds is 5. The van der Waals surface area contributed by atoms with Crippen LogP contribution in [-0.4, -0.2) is 54.9 Å². The van der Waals surface area contributed by atoms with Gasteiger partial charge in [0, 0.05) is 0 Å². The van der Waals surface area contributed by atoms with E-state index in [1.807, 2.05) is 0 Å². The maximum Gasteiger partial charge on any atom is 0.294 e. The molecule has 1 heterocycles. The summed E-state index contributed by atoms with van der Waals surface area (Å²) in [7, 11) is 0. The first-order chi connectivity index (χ1) is 9.80. The number of ether oxygens (including phenoxy) is 1. The van der Waals surface area contributed by atoms with Crippen LogP contribution in [0.3, 0.4) is 0 Å². The van der Waals surface area contributed by atoms with Gasteiger partial charge < -0.3 is 9.22 Å². The summed E-state index contributed by atoms with van der Waals surface area (Å²) in [6, 6.07) is 0.819. The molecule has 2 rings (SSSR count). The highest BCUT2D eigenvalue weighted by Gasteiger charge is 2.41. The van der Waals surface area contributed by atoms with E-state index in [1.54, 1.807) is 0 Å². The third-order valence-corrected chi connectivity index (χ3v) is 5.40. The quantitative estimate of drug-likeness (QED) is 0.574. The van der Waals surface area contributed by atoms with Gasteiger partial charge in [0.2, 0.25) is 0 Å². The van der Waals surface area contributed by atoms with Gasteiger partial charge in [-0.15, -0.1) is 0 Å². The van der Waals surface area contributed by atoms with Gasteiger partial charge in [-0.3, -0.25) is 4.79 Å². The molecular formula is C16H31N2O2+. The van der Waals surface area contributed by atoms with Crippen LogP contribution >= 0.6 is 0 Å². The minimum absolute atomic E-state index is 0.468. The summed E-state index contributed by atoms with van der Waals surface area (Å²) in [6.45, 7) is 7.94. The summed E-state index contributed by atoms with van der Waals surface area (Å²) < 4.78 is 6.17. The van der Waals surface area contributed by atoms with Crippen LogP contribution in [-0.2, 0) is 9.53 Å². The van der Waals surface area contributed by atoms with Crippen molar-refractivity contribution >= 4 is 6.47 Å². The highest BCUT2D eigenvalue weighted by molar-refractivity contribution is 5.36. The van der Waals surface area contributed by atoms with Crippen molar-refractivity contribution in [3.05, 3.63) is 0 Å². The zero-order chi connectivity index (χ0) is 14.3. The smallest absolute Gasteiger partial charge is 0.294 e. The van der Waals surface area contributed by atoms with Crippen molar-refractivity contribution in [1.82, 2.24) is 4.90 Å². The molecule has 0 aromatic rings. The molecule has 1 unspecified atom stereocenters. The fraction of sp³-hybridized carbons (Fsp3) is 0.938. The normalized spacial score (nSPS) is 30.4. The second-order valence-electron chi connectivity index (χ2n) is 6.54. The Labute approximate surface area is 123 Å². The van der Waals surface area contributed by atoms with Crippen molar-refractivity contribution in [2.45, 2.75) is 64.3 Å². The van der Waals surface area contributed by atoms with Crippen LogP contribution in [0.1, 0.15) is 58.3 Å². The lowest BCUT2D eigenvalue weighted by Gasteiger charge is -2.41. The highest BCUT2D eigenvalue weighted by atomic mass is 16.5. The van der Waals surface area contributed by atoms with E-state index in [-0.39, 0.29) is 0 Å². The minimum atomic E-state index is 0.468. The average molecular weight is 283 g/mol. The fourth-order valence-corrected chi connectivity index (χ4v) is 4.09. The first-order valence-electron chi connectivity index (χ1n) is 8.44. The molecule has 116 valence electrons. The third kappa shape index (κ3) is 3.95. The van der Waals surface area contributed by atoms with Crippen molar-refractivity contribution in [3.63, 3.8) is 0 Å². The van der Waals surface area contributed by atoms with Gasteiger partial charge >= 0.3 is 0 Å². The molecule has 1 atom stereocenters. The lowest BCUT2D eigenvalue weighted by Crippen LogP contribution is -2.54.